The predicted molar refractivity (Wildman–Crippen MR) is 159 cm³/mol. The number of fused-ring (bicyclic) bond motifs is 2. The second-order valence-corrected chi connectivity index (χ2v) is 11.4. The van der Waals surface area contributed by atoms with E-state index in [4.69, 9.17) is 11.6 Å². The summed E-state index contributed by atoms with van der Waals surface area (Å²) in [6.07, 6.45) is -6.56. The van der Waals surface area contributed by atoms with E-state index in [-0.39, 0.29) is 38.4 Å². The zero-order valence-electron chi connectivity index (χ0n) is 24.3. The van der Waals surface area contributed by atoms with Gasteiger partial charge in [0.25, 0.3) is 5.91 Å². The zero-order valence-corrected chi connectivity index (χ0v) is 25.0. The lowest BCUT2D eigenvalue weighted by atomic mass is 9.74. The van der Waals surface area contributed by atoms with Crippen LogP contribution < -0.4 is 16.6 Å². The maximum absolute atomic E-state index is 14.4. The Balaban J connectivity index is 0.000000318. The van der Waals surface area contributed by atoms with Gasteiger partial charge in [0.2, 0.25) is 5.60 Å². The molecule has 2 heterocycles. The Morgan fingerprint density at radius 3 is 1.98 bits per heavy atom. The van der Waals surface area contributed by atoms with E-state index < -0.39 is 41.0 Å². The molecule has 5 aromatic rings. The summed E-state index contributed by atoms with van der Waals surface area (Å²) in [7, 11) is 0. The summed E-state index contributed by atoms with van der Waals surface area (Å²) >= 11 is 5.71. The van der Waals surface area contributed by atoms with Gasteiger partial charge in [-0.25, -0.2) is 14.0 Å². The van der Waals surface area contributed by atoms with Gasteiger partial charge in [-0.1, -0.05) is 60.0 Å². The monoisotopic (exact) mass is 647 g/mol. The molecule has 0 spiro atoms. The van der Waals surface area contributed by atoms with Crippen molar-refractivity contribution in [2.45, 2.75) is 51.3 Å². The van der Waals surface area contributed by atoms with Crippen molar-refractivity contribution in [3.63, 3.8) is 0 Å². The molecule has 0 saturated heterocycles. The average molecular weight is 648 g/mol. The zero-order chi connectivity index (χ0) is 33.3. The van der Waals surface area contributed by atoms with Gasteiger partial charge in [-0.05, 0) is 61.2 Å². The van der Waals surface area contributed by atoms with Crippen LogP contribution >= 0.6 is 11.6 Å². The second kappa shape index (κ2) is 12.4. The smallest absolute Gasteiger partial charge is 0.373 e. The Morgan fingerprint density at radius 1 is 0.867 bits per heavy atom. The van der Waals surface area contributed by atoms with Crippen LogP contribution in [0.1, 0.15) is 37.2 Å². The van der Waals surface area contributed by atoms with E-state index in [9.17, 15) is 37.1 Å². The van der Waals surface area contributed by atoms with Crippen LogP contribution in [0.15, 0.2) is 79.3 Å². The van der Waals surface area contributed by atoms with Crippen molar-refractivity contribution in [2.24, 2.45) is 0 Å². The van der Waals surface area contributed by atoms with Crippen LogP contribution in [-0.4, -0.2) is 33.1 Å². The van der Waals surface area contributed by atoms with Crippen molar-refractivity contribution >= 4 is 44.7 Å². The minimum Gasteiger partial charge on any atom is -0.373 e. The van der Waals surface area contributed by atoms with Crippen LogP contribution in [0.4, 0.5) is 23.2 Å². The molecule has 0 saturated carbocycles. The molecule has 9 nitrogen and oxygen atoms in total. The highest BCUT2D eigenvalue weighted by Crippen LogP contribution is 2.43. The number of halogens is 5. The first-order valence-corrected chi connectivity index (χ1v) is 13.6. The van der Waals surface area contributed by atoms with Crippen LogP contribution in [0.3, 0.4) is 0 Å². The summed E-state index contributed by atoms with van der Waals surface area (Å²) in [4.78, 5) is 35.6. The third kappa shape index (κ3) is 6.89. The van der Waals surface area contributed by atoms with Crippen LogP contribution in [-0.2, 0) is 10.2 Å². The van der Waals surface area contributed by atoms with Crippen LogP contribution in [0, 0.1) is 19.7 Å². The average Bonchev–Trinajstić information content (AvgIpc) is 2.96. The third-order valence-corrected chi connectivity index (χ3v) is 7.39. The summed E-state index contributed by atoms with van der Waals surface area (Å²) in [6.45, 7) is 5.86. The summed E-state index contributed by atoms with van der Waals surface area (Å²) in [6, 6.07) is 14.4. The fraction of sp³-hybridized carbons (Fsp3) is 0.258. The molecule has 3 aromatic carbocycles. The Hall–Kier alpha value is -4.62. The molecule has 0 fully saturated rings. The minimum absolute atomic E-state index is 0.0472. The number of amides is 1. The lowest BCUT2D eigenvalue weighted by Gasteiger charge is -2.36. The number of hydrogen-bond acceptors (Lipinski definition) is 8. The van der Waals surface area contributed by atoms with Crippen LogP contribution in [0.25, 0.3) is 21.5 Å². The first-order valence-electron chi connectivity index (χ1n) is 13.3. The second-order valence-electron chi connectivity index (χ2n) is 10.9. The van der Waals surface area contributed by atoms with Gasteiger partial charge >= 0.3 is 17.4 Å². The van der Waals surface area contributed by atoms with Crippen molar-refractivity contribution in [2.75, 3.05) is 5.32 Å². The van der Waals surface area contributed by atoms with E-state index in [1.165, 1.54) is 51.1 Å². The van der Waals surface area contributed by atoms with Gasteiger partial charge in [0.1, 0.15) is 5.82 Å². The van der Waals surface area contributed by atoms with Gasteiger partial charge in [0, 0.05) is 27.9 Å². The standard InChI is InChI=1S/C22H19ClF4N2O4.C9H7NO2/c1-11-15-9-13(5-6-14(15)18(30)33-29-11)28-19(31)21(32,22(25,26)27)10-20(2,3)16-7-4-12(23)8-17(16)24;1-6-7-4-2-3-5-8(7)9(11)12-10-6/h4-9,32H,10H2,1-3H3,(H,28,31);2-5H,1H3. The molecule has 0 aliphatic rings. The van der Waals surface area contributed by atoms with E-state index in [2.05, 4.69) is 19.4 Å². The molecule has 236 valence electrons. The number of carbonyl (C=O) groups excluding carboxylic acids is 1. The molecule has 14 heteroatoms. The van der Waals surface area contributed by atoms with E-state index in [0.717, 1.165) is 17.1 Å². The number of anilines is 1. The van der Waals surface area contributed by atoms with E-state index in [1.807, 2.05) is 24.4 Å². The molecule has 0 aliphatic heterocycles. The topological polar surface area (TPSA) is 136 Å². The van der Waals surface area contributed by atoms with Crippen molar-refractivity contribution < 1.29 is 36.5 Å². The molecule has 1 atom stereocenters. The quantitative estimate of drug-likeness (QED) is 0.210. The lowest BCUT2D eigenvalue weighted by molar-refractivity contribution is -0.254. The first-order chi connectivity index (χ1) is 20.9. The number of hydrogen-bond donors (Lipinski definition) is 2. The third-order valence-electron chi connectivity index (χ3n) is 7.16. The SMILES string of the molecule is Cc1noc(=O)c2ccc(NC(=O)C(O)(CC(C)(C)c3ccc(Cl)cc3F)C(F)(F)F)cc12.Cc1noc(=O)c2ccccc12. The number of benzene rings is 3. The number of aryl methyl sites for hydroxylation is 2. The molecule has 1 unspecified atom stereocenters. The van der Waals surface area contributed by atoms with E-state index in [1.54, 1.807) is 12.1 Å². The fourth-order valence-corrected chi connectivity index (χ4v) is 4.97. The van der Waals surface area contributed by atoms with Crippen LogP contribution in [0.5, 0.6) is 0 Å². The highest BCUT2D eigenvalue weighted by atomic mass is 35.5. The Kier molecular flexibility index (Phi) is 9.17. The van der Waals surface area contributed by atoms with Gasteiger partial charge < -0.3 is 19.5 Å². The number of aromatic nitrogens is 2. The molecule has 0 bridgehead atoms. The van der Waals surface area contributed by atoms with Gasteiger partial charge in [0.05, 0.1) is 22.2 Å². The highest BCUT2D eigenvalue weighted by molar-refractivity contribution is 6.30. The molecule has 1 amide bonds. The lowest BCUT2D eigenvalue weighted by Crippen LogP contribution is -2.57. The molecule has 0 radical (unpaired) electrons. The Morgan fingerprint density at radius 2 is 1.42 bits per heavy atom. The fourth-order valence-electron chi connectivity index (χ4n) is 4.81. The number of aliphatic hydroxyl groups is 1. The van der Waals surface area contributed by atoms with Crippen molar-refractivity contribution in [1.82, 2.24) is 10.3 Å². The van der Waals surface area contributed by atoms with Crippen molar-refractivity contribution in [3.05, 3.63) is 109 Å². The Labute approximate surface area is 257 Å². The first kappa shape index (κ1) is 33.3. The maximum Gasteiger partial charge on any atom is 0.426 e. The molecule has 5 rings (SSSR count). The largest absolute Gasteiger partial charge is 0.426 e. The number of nitrogens with one attached hydrogen (secondary N) is 1. The van der Waals surface area contributed by atoms with E-state index >= 15 is 0 Å². The highest BCUT2D eigenvalue weighted by Gasteiger charge is 2.61. The molecule has 45 heavy (non-hydrogen) atoms. The molecule has 0 aliphatic carbocycles. The van der Waals surface area contributed by atoms with Gasteiger partial charge in [-0.3, -0.25) is 4.79 Å². The van der Waals surface area contributed by atoms with E-state index in [0.29, 0.717) is 5.39 Å². The van der Waals surface area contributed by atoms with Crippen molar-refractivity contribution in [3.8, 4) is 0 Å². The number of alkyl halides is 3. The maximum atomic E-state index is 14.4. The predicted octanol–water partition coefficient (Wildman–Crippen LogP) is 6.39. The summed E-state index contributed by atoms with van der Waals surface area (Å²) in [5.41, 5.74) is -5.86. The number of rotatable bonds is 5. The molecular formula is C31H26ClF4N3O6. The number of nitrogens with zero attached hydrogens (tertiary/aromatic N) is 2. The summed E-state index contributed by atoms with van der Waals surface area (Å²) in [5, 5.41) is 21.6. The molecule has 2 aromatic heterocycles. The van der Waals surface area contributed by atoms with Crippen molar-refractivity contribution in [1.29, 1.82) is 0 Å². The van der Waals surface area contributed by atoms with Crippen LogP contribution in [0.2, 0.25) is 5.02 Å². The Bertz CT molecular complexity index is 2030. The summed E-state index contributed by atoms with van der Waals surface area (Å²) < 4.78 is 65.4. The van der Waals surface area contributed by atoms with Gasteiger partial charge in [0.15, 0.2) is 0 Å². The van der Waals surface area contributed by atoms with Gasteiger partial charge in [-0.15, -0.1) is 0 Å². The summed E-state index contributed by atoms with van der Waals surface area (Å²) in [5.74, 6) is -2.63. The minimum atomic E-state index is -5.38. The molecular weight excluding hydrogens is 622 g/mol. The van der Waals surface area contributed by atoms with Gasteiger partial charge in [-0.2, -0.15) is 13.2 Å². The molecule has 2 N–H and O–H groups in total. The normalized spacial score (nSPS) is 13.2. The number of carbonyl (C=O) groups is 1.